The average Bonchev–Trinajstić information content (AvgIpc) is 2.74. The lowest BCUT2D eigenvalue weighted by atomic mass is 10.0. The smallest absolute Gasteiger partial charge is 0.319 e. The lowest BCUT2D eigenvalue weighted by Crippen LogP contribution is -2.45. The summed E-state index contributed by atoms with van der Waals surface area (Å²) >= 11 is 5.81. The molecule has 1 unspecified atom stereocenters. The Morgan fingerprint density at radius 3 is 3.06 bits per heavy atom. The van der Waals surface area contributed by atoms with Crippen molar-refractivity contribution in [3.63, 3.8) is 0 Å². The lowest BCUT2D eigenvalue weighted by molar-refractivity contribution is 0.0640. The molecule has 1 aliphatic rings. The van der Waals surface area contributed by atoms with E-state index in [9.17, 15) is 9.90 Å². The summed E-state index contributed by atoms with van der Waals surface area (Å²) in [7, 11) is 0. The maximum atomic E-state index is 11.6. The Morgan fingerprint density at radius 2 is 2.39 bits per heavy atom. The first kappa shape index (κ1) is 13.1. The molecule has 2 rings (SSSR count). The molecule has 1 saturated heterocycles. The van der Waals surface area contributed by atoms with Gasteiger partial charge in [-0.15, -0.1) is 0 Å². The van der Waals surface area contributed by atoms with Crippen molar-refractivity contribution in [1.29, 1.82) is 0 Å². The zero-order valence-electron chi connectivity index (χ0n) is 9.87. The molecule has 1 aromatic carbocycles. The maximum Gasteiger partial charge on any atom is 0.319 e. The zero-order chi connectivity index (χ0) is 13.0. The number of benzene rings is 1. The predicted octanol–water partition coefficient (Wildman–Crippen LogP) is 1.19. The topological polar surface area (TPSA) is 73.4 Å². The van der Waals surface area contributed by atoms with Crippen LogP contribution in [0.2, 0.25) is 5.02 Å². The van der Waals surface area contributed by atoms with Crippen molar-refractivity contribution in [1.82, 2.24) is 10.6 Å². The van der Waals surface area contributed by atoms with E-state index in [2.05, 4.69) is 16.0 Å². The van der Waals surface area contributed by atoms with Crippen molar-refractivity contribution in [2.75, 3.05) is 25.0 Å². The summed E-state index contributed by atoms with van der Waals surface area (Å²) < 4.78 is 0. The van der Waals surface area contributed by atoms with Gasteiger partial charge in [-0.3, -0.25) is 0 Å². The van der Waals surface area contributed by atoms with Gasteiger partial charge in [0.25, 0.3) is 0 Å². The van der Waals surface area contributed by atoms with E-state index in [1.54, 1.807) is 24.3 Å². The molecule has 1 heterocycles. The normalized spacial score (nSPS) is 22.8. The molecule has 2 amide bonds. The van der Waals surface area contributed by atoms with E-state index in [1.807, 2.05) is 0 Å². The van der Waals surface area contributed by atoms with E-state index in [-0.39, 0.29) is 12.6 Å². The minimum absolute atomic E-state index is 0.229. The second-order valence-corrected chi connectivity index (χ2v) is 4.91. The predicted molar refractivity (Wildman–Crippen MR) is 70.9 cm³/mol. The molecule has 1 aromatic rings. The van der Waals surface area contributed by atoms with Crippen LogP contribution in [0.1, 0.15) is 6.42 Å². The monoisotopic (exact) mass is 269 g/mol. The molecule has 0 spiro atoms. The maximum absolute atomic E-state index is 11.6. The molecule has 1 fully saturated rings. The van der Waals surface area contributed by atoms with Crippen molar-refractivity contribution in [3.05, 3.63) is 29.3 Å². The van der Waals surface area contributed by atoms with Gasteiger partial charge in [-0.25, -0.2) is 4.79 Å². The Morgan fingerprint density at radius 1 is 1.56 bits per heavy atom. The summed E-state index contributed by atoms with van der Waals surface area (Å²) in [6.07, 6.45) is 0.643. The highest BCUT2D eigenvalue weighted by molar-refractivity contribution is 6.30. The van der Waals surface area contributed by atoms with E-state index in [0.29, 0.717) is 23.7 Å². The van der Waals surface area contributed by atoms with Crippen LogP contribution in [0.15, 0.2) is 24.3 Å². The fourth-order valence-corrected chi connectivity index (χ4v) is 2.06. The van der Waals surface area contributed by atoms with Crippen LogP contribution in [0.3, 0.4) is 0 Å². The number of urea groups is 1. The van der Waals surface area contributed by atoms with Crippen molar-refractivity contribution in [2.24, 2.45) is 0 Å². The van der Waals surface area contributed by atoms with Crippen LogP contribution in [0, 0.1) is 0 Å². The molecule has 0 aliphatic carbocycles. The highest BCUT2D eigenvalue weighted by Crippen LogP contribution is 2.15. The van der Waals surface area contributed by atoms with E-state index in [1.165, 1.54) is 0 Å². The van der Waals surface area contributed by atoms with E-state index < -0.39 is 5.60 Å². The average molecular weight is 270 g/mol. The minimum Gasteiger partial charge on any atom is -0.387 e. The standard InChI is InChI=1S/C12H16ClN3O2/c13-9-2-1-3-10(6-9)16-11(17)15-8-12(18)4-5-14-7-12/h1-3,6,14,18H,4-5,7-8H2,(H2,15,16,17). The molecule has 1 aliphatic heterocycles. The molecule has 98 valence electrons. The van der Waals surface area contributed by atoms with Crippen molar-refractivity contribution in [2.45, 2.75) is 12.0 Å². The van der Waals surface area contributed by atoms with Crippen LogP contribution in [-0.2, 0) is 0 Å². The van der Waals surface area contributed by atoms with Gasteiger partial charge >= 0.3 is 6.03 Å². The molecular weight excluding hydrogens is 254 g/mol. The van der Waals surface area contributed by atoms with E-state index in [0.717, 1.165) is 6.54 Å². The Kier molecular flexibility index (Phi) is 4.06. The van der Waals surface area contributed by atoms with Gasteiger partial charge in [0.1, 0.15) is 0 Å². The number of rotatable bonds is 3. The molecular formula is C12H16ClN3O2. The van der Waals surface area contributed by atoms with Crippen LogP contribution >= 0.6 is 11.6 Å². The Balaban J connectivity index is 1.82. The second-order valence-electron chi connectivity index (χ2n) is 4.47. The quantitative estimate of drug-likeness (QED) is 0.666. The number of β-amino-alcohol motifs (C(OH)–C–C–N with tert-alkyl or cyclic N) is 1. The number of hydrogen-bond donors (Lipinski definition) is 4. The Bertz CT molecular complexity index is 433. The van der Waals surface area contributed by atoms with Crippen LogP contribution in [0.4, 0.5) is 10.5 Å². The van der Waals surface area contributed by atoms with Crippen molar-refractivity contribution < 1.29 is 9.90 Å². The van der Waals surface area contributed by atoms with Crippen LogP contribution < -0.4 is 16.0 Å². The highest BCUT2D eigenvalue weighted by atomic mass is 35.5. The Labute approximate surface area is 111 Å². The third kappa shape index (κ3) is 3.60. The fourth-order valence-electron chi connectivity index (χ4n) is 1.87. The van der Waals surface area contributed by atoms with Crippen LogP contribution in [-0.4, -0.2) is 36.4 Å². The summed E-state index contributed by atoms with van der Waals surface area (Å²) in [4.78, 5) is 11.6. The summed E-state index contributed by atoms with van der Waals surface area (Å²) in [5.41, 5.74) is -0.220. The number of halogens is 1. The van der Waals surface area contributed by atoms with Gasteiger partial charge in [0.2, 0.25) is 0 Å². The number of carbonyl (C=O) groups excluding carboxylic acids is 1. The molecule has 0 radical (unpaired) electrons. The van der Waals surface area contributed by atoms with E-state index in [4.69, 9.17) is 11.6 Å². The molecule has 1 atom stereocenters. The van der Waals surface area contributed by atoms with Gasteiger partial charge in [-0.2, -0.15) is 0 Å². The van der Waals surface area contributed by atoms with Gasteiger partial charge in [-0.1, -0.05) is 17.7 Å². The third-order valence-electron chi connectivity index (χ3n) is 2.88. The van der Waals surface area contributed by atoms with Gasteiger partial charge in [0.15, 0.2) is 0 Å². The zero-order valence-corrected chi connectivity index (χ0v) is 10.6. The number of amides is 2. The number of nitrogens with one attached hydrogen (secondary N) is 3. The number of anilines is 1. The first-order chi connectivity index (χ1) is 8.57. The van der Waals surface area contributed by atoms with Gasteiger partial charge in [0.05, 0.1) is 5.60 Å². The molecule has 5 nitrogen and oxygen atoms in total. The second kappa shape index (κ2) is 5.56. The molecule has 0 saturated carbocycles. The Hall–Kier alpha value is -1.30. The first-order valence-electron chi connectivity index (χ1n) is 5.81. The number of carbonyl (C=O) groups is 1. The molecule has 0 aromatic heterocycles. The van der Waals surface area contributed by atoms with Crippen LogP contribution in [0.25, 0.3) is 0 Å². The molecule has 18 heavy (non-hydrogen) atoms. The number of hydrogen-bond acceptors (Lipinski definition) is 3. The summed E-state index contributed by atoms with van der Waals surface area (Å²) in [5.74, 6) is 0. The van der Waals surface area contributed by atoms with Crippen LogP contribution in [0.5, 0.6) is 0 Å². The summed E-state index contributed by atoms with van der Waals surface area (Å²) in [5, 5.41) is 18.9. The van der Waals surface area contributed by atoms with Crippen molar-refractivity contribution >= 4 is 23.3 Å². The van der Waals surface area contributed by atoms with Gasteiger partial charge in [0, 0.05) is 23.8 Å². The summed E-state index contributed by atoms with van der Waals surface area (Å²) in [6, 6.07) is 6.55. The third-order valence-corrected chi connectivity index (χ3v) is 3.12. The molecule has 0 bridgehead atoms. The van der Waals surface area contributed by atoms with Gasteiger partial charge in [-0.05, 0) is 31.2 Å². The molecule has 4 N–H and O–H groups in total. The van der Waals surface area contributed by atoms with Gasteiger partial charge < -0.3 is 21.1 Å². The van der Waals surface area contributed by atoms with Crippen molar-refractivity contribution in [3.8, 4) is 0 Å². The first-order valence-corrected chi connectivity index (χ1v) is 6.19. The number of aliphatic hydroxyl groups is 1. The minimum atomic E-state index is -0.842. The fraction of sp³-hybridized carbons (Fsp3) is 0.417. The highest BCUT2D eigenvalue weighted by Gasteiger charge is 2.31. The largest absolute Gasteiger partial charge is 0.387 e. The SMILES string of the molecule is O=C(NCC1(O)CCNC1)Nc1cccc(Cl)c1. The van der Waals surface area contributed by atoms with E-state index >= 15 is 0 Å². The summed E-state index contributed by atoms with van der Waals surface area (Å²) in [6.45, 7) is 1.50. The lowest BCUT2D eigenvalue weighted by Gasteiger charge is -2.21. The molecule has 6 heteroatoms.